The van der Waals surface area contributed by atoms with Crippen molar-refractivity contribution in [3.8, 4) is 0 Å². The van der Waals surface area contributed by atoms with Gasteiger partial charge in [0.05, 0.1) is 11.1 Å². The van der Waals surface area contributed by atoms with Gasteiger partial charge in [0, 0.05) is 49.6 Å². The van der Waals surface area contributed by atoms with Crippen molar-refractivity contribution in [1.82, 2.24) is 20.1 Å². The summed E-state index contributed by atoms with van der Waals surface area (Å²) in [4.78, 5) is 18.6. The molecule has 9 heteroatoms. The maximum absolute atomic E-state index is 13.0. The molecule has 0 aliphatic carbocycles. The number of benzene rings is 1. The fourth-order valence-corrected chi connectivity index (χ4v) is 3.71. The number of hydrogen-bond donors (Lipinski definition) is 1. The Kier molecular flexibility index (Phi) is 4.89. The number of aromatic nitrogens is 3. The lowest BCUT2D eigenvalue weighted by Crippen LogP contribution is -2.45. The van der Waals surface area contributed by atoms with Crippen LogP contribution in [0.5, 0.6) is 0 Å². The van der Waals surface area contributed by atoms with Crippen LogP contribution in [-0.4, -0.2) is 39.8 Å². The second kappa shape index (κ2) is 7.38. The molecule has 3 heterocycles. The molecule has 3 aromatic rings. The quantitative estimate of drug-likeness (QED) is 0.728. The molecule has 2 aromatic heterocycles. The van der Waals surface area contributed by atoms with Crippen molar-refractivity contribution in [3.05, 3.63) is 54.0 Å². The number of nitrogens with zero attached hydrogens (tertiary/aromatic N) is 4. The van der Waals surface area contributed by atoms with Crippen LogP contribution in [0.1, 0.15) is 28.9 Å². The van der Waals surface area contributed by atoms with Crippen molar-refractivity contribution in [3.63, 3.8) is 0 Å². The summed E-state index contributed by atoms with van der Waals surface area (Å²) in [6.07, 6.45) is 0.211. The minimum atomic E-state index is -4.39. The van der Waals surface area contributed by atoms with E-state index < -0.39 is 11.7 Å². The van der Waals surface area contributed by atoms with Gasteiger partial charge in [0.1, 0.15) is 5.69 Å². The molecule has 0 unspecified atom stereocenters. The molecule has 0 saturated carbocycles. The topological polar surface area (TPSA) is 63.1 Å². The minimum absolute atomic E-state index is 0.0404. The Morgan fingerprint density at radius 1 is 1.14 bits per heavy atom. The maximum Gasteiger partial charge on any atom is 0.416 e. The molecule has 1 saturated heterocycles. The first-order valence-electron chi connectivity index (χ1n) is 9.33. The number of pyridine rings is 1. The van der Waals surface area contributed by atoms with E-state index in [9.17, 15) is 18.0 Å². The highest BCUT2D eigenvalue weighted by Crippen LogP contribution is 2.34. The van der Waals surface area contributed by atoms with Crippen LogP contribution in [0.2, 0.25) is 0 Å². The zero-order valence-electron chi connectivity index (χ0n) is 15.8. The molecule has 1 fully saturated rings. The van der Waals surface area contributed by atoms with E-state index in [1.807, 2.05) is 6.07 Å². The Balaban J connectivity index is 1.46. The minimum Gasteiger partial charge on any atom is -0.371 e. The summed E-state index contributed by atoms with van der Waals surface area (Å²) in [5.74, 6) is -0.155. The van der Waals surface area contributed by atoms with Gasteiger partial charge in [-0.25, -0.2) is 0 Å². The summed E-state index contributed by atoms with van der Waals surface area (Å²) in [5.41, 5.74) is 0.989. The normalized spacial score (nSPS) is 15.7. The van der Waals surface area contributed by atoms with Crippen molar-refractivity contribution in [1.29, 1.82) is 0 Å². The van der Waals surface area contributed by atoms with E-state index in [0.29, 0.717) is 29.7 Å². The van der Waals surface area contributed by atoms with E-state index >= 15 is 0 Å². The first-order chi connectivity index (χ1) is 13.8. The summed E-state index contributed by atoms with van der Waals surface area (Å²) in [7, 11) is 1.72. The average molecular weight is 403 g/mol. The van der Waals surface area contributed by atoms with E-state index in [1.54, 1.807) is 19.3 Å². The molecule has 0 atom stereocenters. The number of carbonyl (C=O) groups is 1. The number of piperidine rings is 1. The van der Waals surface area contributed by atoms with Crippen LogP contribution in [0.25, 0.3) is 10.9 Å². The second-order valence-electron chi connectivity index (χ2n) is 7.13. The van der Waals surface area contributed by atoms with Crippen LogP contribution in [0.4, 0.5) is 18.9 Å². The fourth-order valence-electron chi connectivity index (χ4n) is 3.71. The Labute approximate surface area is 165 Å². The second-order valence-corrected chi connectivity index (χ2v) is 7.13. The molecule has 29 heavy (non-hydrogen) atoms. The first kappa shape index (κ1) is 19.2. The summed E-state index contributed by atoms with van der Waals surface area (Å²) in [6, 6.07) is 7.19. The number of fused-ring (bicyclic) bond motifs is 1. The molecule has 152 valence electrons. The molecule has 6 nitrogen and oxygen atoms in total. The summed E-state index contributed by atoms with van der Waals surface area (Å²) in [5, 5.41) is 7.73. The molecule has 1 aliphatic rings. The van der Waals surface area contributed by atoms with Crippen molar-refractivity contribution in [2.24, 2.45) is 7.05 Å². The number of anilines is 1. The monoisotopic (exact) mass is 403 g/mol. The smallest absolute Gasteiger partial charge is 0.371 e. The predicted molar refractivity (Wildman–Crippen MR) is 103 cm³/mol. The van der Waals surface area contributed by atoms with Crippen molar-refractivity contribution < 1.29 is 18.0 Å². The molecule has 1 amide bonds. The molecular formula is C20H20F3N5O. The summed E-state index contributed by atoms with van der Waals surface area (Å²) >= 11 is 0. The highest BCUT2D eigenvalue weighted by Gasteiger charge is 2.31. The third kappa shape index (κ3) is 3.90. The van der Waals surface area contributed by atoms with Gasteiger partial charge in [-0.3, -0.25) is 14.5 Å². The van der Waals surface area contributed by atoms with E-state index in [-0.39, 0.29) is 11.9 Å². The Bertz CT molecular complexity index is 1040. The first-order valence-corrected chi connectivity index (χ1v) is 9.33. The number of amides is 1. The van der Waals surface area contributed by atoms with Crippen molar-refractivity contribution in [2.75, 3.05) is 18.0 Å². The van der Waals surface area contributed by atoms with Gasteiger partial charge < -0.3 is 10.2 Å². The SMILES string of the molecule is Cn1nccc1C(=O)NC1CCN(c2ccnc3cc(C(F)(F)F)ccc23)CC1. The van der Waals surface area contributed by atoms with E-state index in [4.69, 9.17) is 0 Å². The van der Waals surface area contributed by atoms with E-state index in [1.165, 1.54) is 16.9 Å². The number of nitrogens with one attached hydrogen (secondary N) is 1. The molecule has 0 bridgehead atoms. The lowest BCUT2D eigenvalue weighted by atomic mass is 10.0. The zero-order valence-corrected chi connectivity index (χ0v) is 15.8. The number of halogens is 3. The van der Waals surface area contributed by atoms with Gasteiger partial charge in [-0.15, -0.1) is 0 Å². The van der Waals surface area contributed by atoms with Gasteiger partial charge in [-0.2, -0.15) is 18.3 Å². The average Bonchev–Trinajstić information content (AvgIpc) is 3.13. The van der Waals surface area contributed by atoms with Crippen LogP contribution < -0.4 is 10.2 Å². The van der Waals surface area contributed by atoms with Gasteiger partial charge in [0.25, 0.3) is 5.91 Å². The predicted octanol–water partition coefficient (Wildman–Crippen LogP) is 3.39. The number of aryl methyl sites for hydroxylation is 1. The fraction of sp³-hybridized carbons (Fsp3) is 0.350. The van der Waals surface area contributed by atoms with E-state index in [0.717, 1.165) is 30.7 Å². The number of carbonyl (C=O) groups excluding carboxylic acids is 1. The third-order valence-corrected chi connectivity index (χ3v) is 5.27. The Morgan fingerprint density at radius 3 is 2.55 bits per heavy atom. The van der Waals surface area contributed by atoms with Gasteiger partial charge in [-0.1, -0.05) is 6.07 Å². The Morgan fingerprint density at radius 2 is 1.90 bits per heavy atom. The molecule has 1 N–H and O–H groups in total. The van der Waals surface area contributed by atoms with Crippen molar-refractivity contribution >= 4 is 22.5 Å². The van der Waals surface area contributed by atoms with Crippen LogP contribution in [0.3, 0.4) is 0 Å². The molecule has 0 radical (unpaired) electrons. The largest absolute Gasteiger partial charge is 0.416 e. The molecule has 1 aliphatic heterocycles. The molecule has 0 spiro atoms. The maximum atomic E-state index is 13.0. The number of hydrogen-bond acceptors (Lipinski definition) is 4. The zero-order chi connectivity index (χ0) is 20.6. The highest BCUT2D eigenvalue weighted by molar-refractivity contribution is 5.93. The summed E-state index contributed by atoms with van der Waals surface area (Å²) in [6.45, 7) is 1.38. The standard InChI is InChI=1S/C20H20F3N5O/c1-27-18(5-9-25-27)19(29)26-14-6-10-28(11-7-14)17-4-8-24-16-12-13(20(21,22)23)2-3-15(16)17/h2-5,8-9,12,14H,6-7,10-11H2,1H3,(H,26,29). The molecule has 1 aromatic carbocycles. The summed E-state index contributed by atoms with van der Waals surface area (Å²) < 4.78 is 40.4. The lowest BCUT2D eigenvalue weighted by Gasteiger charge is -2.34. The van der Waals surface area contributed by atoms with Crippen LogP contribution in [0.15, 0.2) is 42.7 Å². The lowest BCUT2D eigenvalue weighted by molar-refractivity contribution is -0.137. The number of alkyl halides is 3. The van der Waals surface area contributed by atoms with E-state index in [2.05, 4.69) is 20.3 Å². The highest BCUT2D eigenvalue weighted by atomic mass is 19.4. The molecular weight excluding hydrogens is 383 g/mol. The Hall–Kier alpha value is -3.10. The van der Waals surface area contributed by atoms with Crippen LogP contribution in [-0.2, 0) is 13.2 Å². The van der Waals surface area contributed by atoms with Gasteiger partial charge in [-0.05, 0) is 37.1 Å². The van der Waals surface area contributed by atoms with Crippen LogP contribution in [0, 0.1) is 0 Å². The van der Waals surface area contributed by atoms with Gasteiger partial charge in [0.2, 0.25) is 0 Å². The number of rotatable bonds is 3. The molecule has 4 rings (SSSR count). The van der Waals surface area contributed by atoms with Crippen LogP contribution >= 0.6 is 0 Å². The van der Waals surface area contributed by atoms with Crippen molar-refractivity contribution in [2.45, 2.75) is 25.1 Å². The van der Waals surface area contributed by atoms with Gasteiger partial charge in [0.15, 0.2) is 0 Å². The third-order valence-electron chi connectivity index (χ3n) is 5.27. The van der Waals surface area contributed by atoms with Gasteiger partial charge >= 0.3 is 6.18 Å².